The van der Waals surface area contributed by atoms with Crippen molar-refractivity contribution in [3.05, 3.63) is 47.8 Å². The van der Waals surface area contributed by atoms with Crippen LogP contribution in [0.5, 0.6) is 0 Å². The Bertz CT molecular complexity index is 844. The zero-order valence-corrected chi connectivity index (χ0v) is 14.0. The van der Waals surface area contributed by atoms with Gasteiger partial charge in [0.25, 0.3) is 0 Å². The maximum Gasteiger partial charge on any atom is 0.226 e. The highest BCUT2D eigenvalue weighted by Crippen LogP contribution is 2.24. The van der Waals surface area contributed by atoms with Crippen molar-refractivity contribution >= 4 is 11.6 Å². The van der Waals surface area contributed by atoms with Crippen LogP contribution >= 0.6 is 0 Å². The molecule has 0 spiro atoms. The van der Waals surface area contributed by atoms with Crippen LogP contribution < -0.4 is 5.32 Å². The molecule has 1 N–H and O–H groups in total. The second-order valence-corrected chi connectivity index (χ2v) is 5.71. The largest absolute Gasteiger partial charge is 0.349 e. The van der Waals surface area contributed by atoms with Crippen LogP contribution in [-0.4, -0.2) is 30.7 Å². The molecule has 0 bridgehead atoms. The van der Waals surface area contributed by atoms with Crippen LogP contribution in [0.15, 0.2) is 36.4 Å². The molecule has 0 aliphatic rings. The van der Waals surface area contributed by atoms with Crippen molar-refractivity contribution in [2.24, 2.45) is 7.05 Å². The van der Waals surface area contributed by atoms with E-state index in [-0.39, 0.29) is 5.91 Å². The first-order valence-corrected chi connectivity index (χ1v) is 7.80. The van der Waals surface area contributed by atoms with Crippen LogP contribution in [0.1, 0.15) is 17.8 Å². The van der Waals surface area contributed by atoms with Crippen molar-refractivity contribution in [1.82, 2.24) is 24.8 Å². The number of anilines is 1. The molecule has 7 nitrogen and oxygen atoms in total. The number of carbonyl (C=O) groups is 1. The monoisotopic (exact) mass is 324 g/mol. The number of nitrogens with one attached hydrogen (secondary N) is 1. The Morgan fingerprint density at radius 2 is 1.83 bits per heavy atom. The van der Waals surface area contributed by atoms with Crippen LogP contribution in [0.4, 0.5) is 5.69 Å². The van der Waals surface area contributed by atoms with Crippen LogP contribution in [-0.2, 0) is 18.4 Å². The Kier molecular flexibility index (Phi) is 4.41. The quantitative estimate of drug-likeness (QED) is 0.781. The summed E-state index contributed by atoms with van der Waals surface area (Å²) in [5.74, 6) is 0.448. The van der Waals surface area contributed by atoms with Gasteiger partial charge in [-0.15, -0.1) is 10.2 Å². The van der Waals surface area contributed by atoms with Crippen molar-refractivity contribution in [2.75, 3.05) is 5.32 Å². The highest BCUT2D eigenvalue weighted by atomic mass is 16.1. The first kappa shape index (κ1) is 15.9. The second kappa shape index (κ2) is 6.66. The SMILES string of the molecule is Cc1ccc(C)n1CCC(=O)Nc1ccccc1-c1nnn(C)n1. The van der Waals surface area contributed by atoms with Gasteiger partial charge in [0.15, 0.2) is 0 Å². The molecule has 0 fully saturated rings. The van der Waals surface area contributed by atoms with E-state index in [0.29, 0.717) is 24.5 Å². The summed E-state index contributed by atoms with van der Waals surface area (Å²) in [4.78, 5) is 13.7. The molecular formula is C17H20N6O. The molecular weight excluding hydrogens is 304 g/mol. The standard InChI is InChI=1S/C17H20N6O/c1-12-8-9-13(2)23(12)11-10-16(24)18-15-7-5-4-6-14(15)17-19-21-22(3)20-17/h4-9H,10-11H2,1-3H3,(H,18,24). The molecule has 24 heavy (non-hydrogen) atoms. The lowest BCUT2D eigenvalue weighted by Crippen LogP contribution is -2.16. The van der Waals surface area contributed by atoms with Crippen molar-refractivity contribution < 1.29 is 4.79 Å². The number of aromatic nitrogens is 5. The number of amides is 1. The summed E-state index contributed by atoms with van der Waals surface area (Å²) in [6.45, 7) is 4.74. The van der Waals surface area contributed by atoms with Gasteiger partial charge in [-0.05, 0) is 43.3 Å². The number of rotatable bonds is 5. The number of hydrogen-bond acceptors (Lipinski definition) is 4. The minimum Gasteiger partial charge on any atom is -0.349 e. The van der Waals surface area contributed by atoms with Crippen LogP contribution in [0, 0.1) is 13.8 Å². The third kappa shape index (κ3) is 3.34. The summed E-state index contributed by atoms with van der Waals surface area (Å²) in [7, 11) is 1.71. The zero-order valence-electron chi connectivity index (χ0n) is 14.0. The van der Waals surface area contributed by atoms with E-state index in [9.17, 15) is 4.79 Å². The Morgan fingerprint density at radius 1 is 1.12 bits per heavy atom. The van der Waals surface area contributed by atoms with Gasteiger partial charge in [-0.25, -0.2) is 0 Å². The second-order valence-electron chi connectivity index (χ2n) is 5.71. The molecule has 0 unspecified atom stereocenters. The normalized spacial score (nSPS) is 10.8. The van der Waals surface area contributed by atoms with Gasteiger partial charge in [-0.3, -0.25) is 4.79 Å². The summed E-state index contributed by atoms with van der Waals surface area (Å²) in [6, 6.07) is 11.6. The lowest BCUT2D eigenvalue weighted by atomic mass is 10.1. The predicted molar refractivity (Wildman–Crippen MR) is 91.4 cm³/mol. The van der Waals surface area contributed by atoms with Gasteiger partial charge in [0.05, 0.1) is 12.7 Å². The summed E-state index contributed by atoms with van der Waals surface area (Å²) < 4.78 is 2.13. The van der Waals surface area contributed by atoms with Gasteiger partial charge in [0.1, 0.15) is 0 Å². The number of nitrogens with zero attached hydrogens (tertiary/aromatic N) is 5. The Morgan fingerprint density at radius 3 is 2.50 bits per heavy atom. The van der Waals surface area contributed by atoms with Gasteiger partial charge in [-0.1, -0.05) is 12.1 Å². The highest BCUT2D eigenvalue weighted by Gasteiger charge is 2.12. The molecule has 3 aromatic rings. The van der Waals surface area contributed by atoms with Crippen molar-refractivity contribution in [1.29, 1.82) is 0 Å². The van der Waals surface area contributed by atoms with E-state index in [1.807, 2.05) is 38.1 Å². The number of benzene rings is 1. The van der Waals surface area contributed by atoms with E-state index in [2.05, 4.69) is 37.4 Å². The molecule has 3 rings (SSSR count). The maximum atomic E-state index is 12.3. The van der Waals surface area contributed by atoms with Crippen LogP contribution in [0.2, 0.25) is 0 Å². The highest BCUT2D eigenvalue weighted by molar-refractivity contribution is 5.94. The van der Waals surface area contributed by atoms with E-state index < -0.39 is 0 Å². The fraction of sp³-hybridized carbons (Fsp3) is 0.294. The first-order chi connectivity index (χ1) is 11.5. The van der Waals surface area contributed by atoms with Gasteiger partial charge >= 0.3 is 0 Å². The number of carbonyl (C=O) groups excluding carboxylic acids is 1. The average Bonchev–Trinajstić information content (AvgIpc) is 3.12. The minimum absolute atomic E-state index is 0.0427. The third-order valence-corrected chi connectivity index (χ3v) is 3.93. The summed E-state index contributed by atoms with van der Waals surface area (Å²) in [5.41, 5.74) is 3.76. The van der Waals surface area contributed by atoms with E-state index in [4.69, 9.17) is 0 Å². The molecule has 0 atom stereocenters. The van der Waals surface area contributed by atoms with Crippen molar-refractivity contribution in [3.8, 4) is 11.4 Å². The van der Waals surface area contributed by atoms with Crippen LogP contribution in [0.25, 0.3) is 11.4 Å². The Hall–Kier alpha value is -2.96. The zero-order chi connectivity index (χ0) is 17.1. The average molecular weight is 324 g/mol. The maximum absolute atomic E-state index is 12.3. The molecule has 0 saturated carbocycles. The summed E-state index contributed by atoms with van der Waals surface area (Å²) >= 11 is 0. The van der Waals surface area contributed by atoms with Crippen molar-refractivity contribution in [2.45, 2.75) is 26.8 Å². The van der Waals surface area contributed by atoms with E-state index >= 15 is 0 Å². The number of hydrogen-bond donors (Lipinski definition) is 1. The molecule has 0 radical (unpaired) electrons. The molecule has 7 heteroatoms. The molecule has 0 aliphatic carbocycles. The van der Waals surface area contributed by atoms with E-state index in [0.717, 1.165) is 17.0 Å². The van der Waals surface area contributed by atoms with E-state index in [1.165, 1.54) is 4.80 Å². The van der Waals surface area contributed by atoms with Crippen LogP contribution in [0.3, 0.4) is 0 Å². The minimum atomic E-state index is -0.0427. The first-order valence-electron chi connectivity index (χ1n) is 7.80. The Labute approximate surface area is 140 Å². The lowest BCUT2D eigenvalue weighted by molar-refractivity contribution is -0.116. The topological polar surface area (TPSA) is 77.6 Å². The summed E-state index contributed by atoms with van der Waals surface area (Å²) in [5, 5.41) is 15.0. The number of para-hydroxylation sites is 1. The smallest absolute Gasteiger partial charge is 0.226 e. The molecule has 0 saturated heterocycles. The fourth-order valence-corrected chi connectivity index (χ4v) is 2.66. The fourth-order valence-electron chi connectivity index (χ4n) is 2.66. The molecule has 1 amide bonds. The Balaban J connectivity index is 1.71. The van der Waals surface area contributed by atoms with Gasteiger partial charge in [-0.2, -0.15) is 4.80 Å². The lowest BCUT2D eigenvalue weighted by Gasteiger charge is -2.11. The number of tetrazole rings is 1. The third-order valence-electron chi connectivity index (χ3n) is 3.93. The van der Waals surface area contributed by atoms with Gasteiger partial charge < -0.3 is 9.88 Å². The molecule has 1 aromatic carbocycles. The molecule has 2 heterocycles. The molecule has 124 valence electrons. The van der Waals surface area contributed by atoms with Crippen molar-refractivity contribution in [3.63, 3.8) is 0 Å². The van der Waals surface area contributed by atoms with E-state index in [1.54, 1.807) is 7.05 Å². The summed E-state index contributed by atoms with van der Waals surface area (Å²) in [6.07, 6.45) is 0.401. The molecule has 0 aliphatic heterocycles. The number of aryl methyl sites for hydroxylation is 3. The predicted octanol–water partition coefficient (Wildman–Crippen LogP) is 2.32. The van der Waals surface area contributed by atoms with Gasteiger partial charge in [0, 0.05) is 29.9 Å². The molecule has 2 aromatic heterocycles. The van der Waals surface area contributed by atoms with Gasteiger partial charge in [0.2, 0.25) is 11.7 Å².